The lowest BCUT2D eigenvalue weighted by atomic mass is 10.1. The maximum Gasteiger partial charge on any atom is 0.251 e. The van der Waals surface area contributed by atoms with E-state index in [1.165, 1.54) is 16.4 Å². The third-order valence-corrected chi connectivity index (χ3v) is 6.45. The van der Waals surface area contributed by atoms with Crippen LogP contribution in [0.5, 0.6) is 5.88 Å². The van der Waals surface area contributed by atoms with Gasteiger partial charge in [0.1, 0.15) is 0 Å². The molecule has 2 aromatic rings. The molecule has 0 fully saturated rings. The van der Waals surface area contributed by atoms with Crippen LogP contribution in [-0.2, 0) is 16.6 Å². The average molecular weight is 420 g/mol. The molecule has 0 aliphatic carbocycles. The van der Waals surface area contributed by atoms with Crippen molar-refractivity contribution in [2.24, 2.45) is 0 Å². The zero-order valence-corrected chi connectivity index (χ0v) is 18.4. The molecule has 7 nitrogen and oxygen atoms in total. The Kier molecular flexibility index (Phi) is 7.75. The standard InChI is InChI=1S/C21H29N3O4S/c1-6-24(7-2)29(26,27)18-10-8-16(5)19(12-18)21(25)23-14-17-9-11-20(22-13-17)28-15(3)4/h8-13,15H,6-7,14H2,1-5H3,(H,23,25). The molecule has 1 N–H and O–H groups in total. The van der Waals surface area contributed by atoms with Crippen molar-refractivity contribution in [3.8, 4) is 5.88 Å². The largest absolute Gasteiger partial charge is 0.475 e. The number of nitrogens with zero attached hydrogens (tertiary/aromatic N) is 2. The molecule has 0 spiro atoms. The number of carbonyl (C=O) groups is 1. The first-order chi connectivity index (χ1) is 13.7. The summed E-state index contributed by atoms with van der Waals surface area (Å²) in [5.74, 6) is 0.196. The fraction of sp³-hybridized carbons (Fsp3) is 0.429. The number of hydrogen-bond donors (Lipinski definition) is 1. The van der Waals surface area contributed by atoms with Crippen LogP contribution in [0.3, 0.4) is 0 Å². The van der Waals surface area contributed by atoms with E-state index >= 15 is 0 Å². The Hall–Kier alpha value is -2.45. The molecular formula is C21H29N3O4S. The minimum absolute atomic E-state index is 0.0379. The molecule has 0 atom stereocenters. The van der Waals surface area contributed by atoms with Crippen LogP contribution in [0.25, 0.3) is 0 Å². The van der Waals surface area contributed by atoms with Crippen molar-refractivity contribution in [2.45, 2.75) is 52.2 Å². The predicted octanol–water partition coefficient (Wildman–Crippen LogP) is 3.14. The molecule has 1 heterocycles. The fourth-order valence-electron chi connectivity index (χ4n) is 2.82. The van der Waals surface area contributed by atoms with Crippen LogP contribution in [-0.4, -0.2) is 42.8 Å². The first-order valence-electron chi connectivity index (χ1n) is 9.69. The average Bonchev–Trinajstić information content (AvgIpc) is 2.67. The van der Waals surface area contributed by atoms with Crippen LogP contribution in [0.15, 0.2) is 41.4 Å². The number of benzene rings is 1. The van der Waals surface area contributed by atoms with Gasteiger partial charge >= 0.3 is 0 Å². The van der Waals surface area contributed by atoms with Crippen molar-refractivity contribution in [3.63, 3.8) is 0 Å². The van der Waals surface area contributed by atoms with Crippen molar-refractivity contribution in [1.82, 2.24) is 14.6 Å². The van der Waals surface area contributed by atoms with Crippen molar-refractivity contribution in [3.05, 3.63) is 53.2 Å². The van der Waals surface area contributed by atoms with Gasteiger partial charge < -0.3 is 10.1 Å². The predicted molar refractivity (Wildman–Crippen MR) is 112 cm³/mol. The molecule has 1 aromatic heterocycles. The van der Waals surface area contributed by atoms with Gasteiger partial charge in [0.25, 0.3) is 5.91 Å². The molecular weight excluding hydrogens is 390 g/mol. The summed E-state index contributed by atoms with van der Waals surface area (Å²) in [5, 5.41) is 2.82. The highest BCUT2D eigenvalue weighted by molar-refractivity contribution is 7.89. The fourth-order valence-corrected chi connectivity index (χ4v) is 4.31. The number of hydrogen-bond acceptors (Lipinski definition) is 5. The van der Waals surface area contributed by atoms with Gasteiger partial charge in [-0.2, -0.15) is 4.31 Å². The van der Waals surface area contributed by atoms with Crippen molar-refractivity contribution >= 4 is 15.9 Å². The second kappa shape index (κ2) is 9.84. The Labute approximate surface area is 173 Å². The number of pyridine rings is 1. The van der Waals surface area contributed by atoms with Gasteiger partial charge in [-0.15, -0.1) is 0 Å². The number of amides is 1. The van der Waals surface area contributed by atoms with Gasteiger partial charge in [0.15, 0.2) is 0 Å². The first-order valence-corrected chi connectivity index (χ1v) is 11.1. The molecule has 0 bridgehead atoms. The third kappa shape index (κ3) is 5.77. The summed E-state index contributed by atoms with van der Waals surface area (Å²) in [6.45, 7) is 10.2. The molecule has 8 heteroatoms. The summed E-state index contributed by atoms with van der Waals surface area (Å²) in [7, 11) is -3.63. The van der Waals surface area contributed by atoms with E-state index in [-0.39, 0.29) is 23.5 Å². The first kappa shape index (κ1) is 22.8. The summed E-state index contributed by atoms with van der Waals surface area (Å²) in [6, 6.07) is 8.22. The Morgan fingerprint density at radius 2 is 1.86 bits per heavy atom. The molecule has 0 unspecified atom stereocenters. The van der Waals surface area contributed by atoms with Gasteiger partial charge in [0.2, 0.25) is 15.9 Å². The van der Waals surface area contributed by atoms with Gasteiger partial charge in [0, 0.05) is 37.5 Å². The van der Waals surface area contributed by atoms with Crippen molar-refractivity contribution in [2.75, 3.05) is 13.1 Å². The summed E-state index contributed by atoms with van der Waals surface area (Å²) in [5.41, 5.74) is 1.87. The topological polar surface area (TPSA) is 88.6 Å². The summed E-state index contributed by atoms with van der Waals surface area (Å²) >= 11 is 0. The van der Waals surface area contributed by atoms with Gasteiger partial charge in [-0.3, -0.25) is 4.79 Å². The van der Waals surface area contributed by atoms with Crippen LogP contribution in [0.4, 0.5) is 0 Å². The van der Waals surface area contributed by atoms with Gasteiger partial charge in [-0.1, -0.05) is 26.0 Å². The highest BCUT2D eigenvalue weighted by Crippen LogP contribution is 2.20. The molecule has 1 amide bonds. The maximum absolute atomic E-state index is 12.7. The Morgan fingerprint density at radius 1 is 1.17 bits per heavy atom. The van der Waals surface area contributed by atoms with Gasteiger partial charge in [-0.25, -0.2) is 13.4 Å². The zero-order chi connectivity index (χ0) is 21.6. The smallest absolute Gasteiger partial charge is 0.251 e. The van der Waals surface area contributed by atoms with Gasteiger partial charge in [0.05, 0.1) is 11.0 Å². The van der Waals surface area contributed by atoms with Crippen LogP contribution in [0.1, 0.15) is 49.2 Å². The van der Waals surface area contributed by atoms with Crippen molar-refractivity contribution < 1.29 is 17.9 Å². The van der Waals surface area contributed by atoms with E-state index in [9.17, 15) is 13.2 Å². The summed E-state index contributed by atoms with van der Waals surface area (Å²) in [6.07, 6.45) is 1.68. The van der Waals surface area contributed by atoms with Crippen LogP contribution < -0.4 is 10.1 Å². The minimum Gasteiger partial charge on any atom is -0.475 e. The summed E-state index contributed by atoms with van der Waals surface area (Å²) in [4.78, 5) is 17.0. The van der Waals surface area contributed by atoms with E-state index in [2.05, 4.69) is 10.3 Å². The molecule has 0 saturated heterocycles. The normalized spacial score (nSPS) is 11.7. The van der Waals surface area contributed by atoms with Crippen LogP contribution in [0, 0.1) is 6.92 Å². The molecule has 158 valence electrons. The van der Waals surface area contributed by atoms with Crippen molar-refractivity contribution in [1.29, 1.82) is 0 Å². The maximum atomic E-state index is 12.7. The van der Waals surface area contributed by atoms with E-state index in [0.717, 1.165) is 5.56 Å². The van der Waals surface area contributed by atoms with E-state index < -0.39 is 10.0 Å². The Bertz CT molecular complexity index is 937. The third-order valence-electron chi connectivity index (χ3n) is 4.40. The molecule has 29 heavy (non-hydrogen) atoms. The monoisotopic (exact) mass is 419 g/mol. The number of aromatic nitrogens is 1. The lowest BCUT2D eigenvalue weighted by Crippen LogP contribution is -2.31. The SMILES string of the molecule is CCN(CC)S(=O)(=O)c1ccc(C)c(C(=O)NCc2ccc(OC(C)C)nc2)c1. The highest BCUT2D eigenvalue weighted by atomic mass is 32.2. The molecule has 0 saturated carbocycles. The molecule has 0 aliphatic heterocycles. The summed E-state index contributed by atoms with van der Waals surface area (Å²) < 4.78 is 32.4. The molecule has 1 aromatic carbocycles. The van der Waals surface area contributed by atoms with Gasteiger partial charge in [-0.05, 0) is 44.0 Å². The zero-order valence-electron chi connectivity index (χ0n) is 17.6. The molecule has 0 aliphatic rings. The lowest BCUT2D eigenvalue weighted by molar-refractivity contribution is 0.0950. The van der Waals surface area contributed by atoms with E-state index in [4.69, 9.17) is 4.74 Å². The number of ether oxygens (including phenoxy) is 1. The van der Waals surface area contributed by atoms with Crippen LogP contribution in [0.2, 0.25) is 0 Å². The second-order valence-corrected chi connectivity index (χ2v) is 8.86. The lowest BCUT2D eigenvalue weighted by Gasteiger charge is -2.19. The Balaban J connectivity index is 2.15. The minimum atomic E-state index is -3.63. The second-order valence-electron chi connectivity index (χ2n) is 6.92. The quantitative estimate of drug-likeness (QED) is 0.675. The number of carbonyl (C=O) groups excluding carboxylic acids is 1. The Morgan fingerprint density at radius 3 is 2.41 bits per heavy atom. The number of aryl methyl sites for hydroxylation is 1. The molecule has 2 rings (SSSR count). The van der Waals surface area contributed by atoms with Crippen LogP contribution >= 0.6 is 0 Å². The van der Waals surface area contributed by atoms with E-state index in [1.807, 2.05) is 19.9 Å². The highest BCUT2D eigenvalue weighted by Gasteiger charge is 2.23. The van der Waals surface area contributed by atoms with E-state index in [0.29, 0.717) is 30.1 Å². The number of sulfonamides is 1. The number of nitrogens with one attached hydrogen (secondary N) is 1. The number of rotatable bonds is 9. The molecule has 0 radical (unpaired) electrons. The van der Waals surface area contributed by atoms with E-state index in [1.54, 1.807) is 39.1 Å².